The second-order valence-electron chi connectivity index (χ2n) is 5.99. The number of aromatic nitrogens is 1. The number of fused-ring (bicyclic) bond motifs is 1. The largest absolute Gasteiger partial charge is 0.342 e. The number of benzene rings is 2. The Morgan fingerprint density at radius 1 is 1.20 bits per heavy atom. The molecule has 0 spiro atoms. The zero-order valence-corrected chi connectivity index (χ0v) is 14.5. The number of amides is 1. The maximum Gasteiger partial charge on any atom is 0.282 e. The summed E-state index contributed by atoms with van der Waals surface area (Å²) in [4.78, 5) is 30.2. The van der Waals surface area contributed by atoms with Crippen LogP contribution < -0.4 is 10.9 Å². The van der Waals surface area contributed by atoms with Crippen molar-refractivity contribution in [2.75, 3.05) is 14.2 Å². The van der Waals surface area contributed by atoms with Crippen LogP contribution in [0.4, 0.5) is 0 Å². The van der Waals surface area contributed by atoms with Crippen LogP contribution in [0.15, 0.2) is 59.5 Å². The smallest absolute Gasteiger partial charge is 0.282 e. The molecule has 0 fully saturated rings. The number of pyridine rings is 1. The molecule has 0 bridgehead atoms. The number of para-hydroxylation sites is 1. The van der Waals surface area contributed by atoms with E-state index < -0.39 is 5.91 Å². The van der Waals surface area contributed by atoms with Gasteiger partial charge in [-0.15, -0.1) is 0 Å². The van der Waals surface area contributed by atoms with Crippen molar-refractivity contribution in [1.29, 1.82) is 0 Å². The monoisotopic (exact) mass is 334 g/mol. The second kappa shape index (κ2) is 6.95. The van der Waals surface area contributed by atoms with Gasteiger partial charge in [-0.05, 0) is 17.7 Å². The predicted molar refractivity (Wildman–Crippen MR) is 101 cm³/mol. The predicted octanol–water partition coefficient (Wildman–Crippen LogP) is 0.942. The van der Waals surface area contributed by atoms with Gasteiger partial charge in [0, 0.05) is 25.2 Å². The Kier molecular flexibility index (Phi) is 4.72. The van der Waals surface area contributed by atoms with Crippen LogP contribution in [0.1, 0.15) is 15.9 Å². The molecule has 0 saturated carbocycles. The highest BCUT2D eigenvalue weighted by atomic mass is 16.7. The average molecular weight is 334 g/mol. The van der Waals surface area contributed by atoms with E-state index in [9.17, 15) is 9.59 Å². The fraction of sp³-hybridized carbons (Fsp3) is 0.158. The van der Waals surface area contributed by atoms with Gasteiger partial charge in [-0.2, -0.15) is 0 Å². The summed E-state index contributed by atoms with van der Waals surface area (Å²) in [5.74, 6) is -0.462. The van der Waals surface area contributed by atoms with Crippen molar-refractivity contribution in [2.24, 2.45) is 0 Å². The molecule has 3 aromatic rings. The molecule has 6 heteroatoms. The molecule has 0 aliphatic heterocycles. The normalized spacial score (nSPS) is 10.8. The molecule has 0 aliphatic carbocycles. The van der Waals surface area contributed by atoms with Crippen LogP contribution in [-0.2, 0) is 11.4 Å². The topological polar surface area (TPSA) is 51.5 Å². The molecule has 1 aromatic heterocycles. The molecular formula is C19H19BN2O3. The lowest BCUT2D eigenvalue weighted by Crippen LogP contribution is -2.31. The standard InChI is InChI=1S/C19H19BN2O3/c1-21(25-2)19(24)16-12-22(11-13-6-5-7-14(20)10-13)17-9-4-3-8-15(17)18(16)23/h3-10,12H,11,20H2,1-2H3. The maximum atomic E-state index is 12.7. The number of hydroxylamine groups is 2. The maximum absolute atomic E-state index is 12.7. The van der Waals surface area contributed by atoms with Crippen LogP contribution in [0.25, 0.3) is 10.9 Å². The minimum Gasteiger partial charge on any atom is -0.342 e. The first kappa shape index (κ1) is 17.0. The first-order valence-electron chi connectivity index (χ1n) is 8.01. The quantitative estimate of drug-likeness (QED) is 0.527. The molecule has 0 radical (unpaired) electrons. The minimum absolute atomic E-state index is 0.0932. The molecule has 25 heavy (non-hydrogen) atoms. The van der Waals surface area contributed by atoms with Crippen molar-refractivity contribution in [1.82, 2.24) is 9.63 Å². The molecular weight excluding hydrogens is 315 g/mol. The lowest BCUT2D eigenvalue weighted by Gasteiger charge is -2.17. The Morgan fingerprint density at radius 2 is 1.96 bits per heavy atom. The summed E-state index contributed by atoms with van der Waals surface area (Å²) >= 11 is 0. The van der Waals surface area contributed by atoms with Gasteiger partial charge < -0.3 is 4.57 Å². The average Bonchev–Trinajstić information content (AvgIpc) is 2.63. The van der Waals surface area contributed by atoms with Gasteiger partial charge in [0.2, 0.25) is 5.43 Å². The number of hydrogen-bond acceptors (Lipinski definition) is 3. The second-order valence-corrected chi connectivity index (χ2v) is 5.99. The Balaban J connectivity index is 2.18. The van der Waals surface area contributed by atoms with E-state index in [2.05, 4.69) is 6.07 Å². The van der Waals surface area contributed by atoms with Crippen molar-refractivity contribution < 1.29 is 9.63 Å². The van der Waals surface area contributed by atoms with E-state index in [4.69, 9.17) is 4.84 Å². The number of nitrogens with zero attached hydrogens (tertiary/aromatic N) is 2. The highest BCUT2D eigenvalue weighted by molar-refractivity contribution is 6.32. The van der Waals surface area contributed by atoms with Crippen molar-refractivity contribution >= 4 is 30.1 Å². The van der Waals surface area contributed by atoms with Gasteiger partial charge in [-0.25, -0.2) is 5.06 Å². The number of rotatable bonds is 4. The van der Waals surface area contributed by atoms with E-state index in [0.29, 0.717) is 11.9 Å². The molecule has 0 saturated heterocycles. The zero-order valence-electron chi connectivity index (χ0n) is 14.5. The van der Waals surface area contributed by atoms with Crippen LogP contribution in [0, 0.1) is 0 Å². The van der Waals surface area contributed by atoms with E-state index in [1.54, 1.807) is 18.3 Å². The first-order chi connectivity index (χ1) is 12.0. The van der Waals surface area contributed by atoms with E-state index in [1.165, 1.54) is 19.6 Å². The zero-order chi connectivity index (χ0) is 18.0. The summed E-state index contributed by atoms with van der Waals surface area (Å²) in [6.07, 6.45) is 1.62. The van der Waals surface area contributed by atoms with E-state index in [-0.39, 0.29) is 11.0 Å². The van der Waals surface area contributed by atoms with Gasteiger partial charge in [-0.1, -0.05) is 41.9 Å². The minimum atomic E-state index is -0.462. The Hall–Kier alpha value is -2.86. The number of hydrogen-bond donors (Lipinski definition) is 0. The summed E-state index contributed by atoms with van der Waals surface area (Å²) in [5.41, 5.74) is 2.87. The van der Waals surface area contributed by atoms with Crippen molar-refractivity contribution in [3.63, 3.8) is 0 Å². The van der Waals surface area contributed by atoms with Gasteiger partial charge in [-0.3, -0.25) is 14.4 Å². The summed E-state index contributed by atoms with van der Waals surface area (Å²) < 4.78 is 1.93. The number of carbonyl (C=O) groups is 1. The molecule has 2 aromatic carbocycles. The third-order valence-electron chi connectivity index (χ3n) is 4.21. The Morgan fingerprint density at radius 3 is 2.68 bits per heavy atom. The van der Waals surface area contributed by atoms with E-state index in [1.807, 2.05) is 42.7 Å². The lowest BCUT2D eigenvalue weighted by atomic mass is 9.94. The van der Waals surface area contributed by atoms with Crippen LogP contribution in [0.2, 0.25) is 0 Å². The SMILES string of the molecule is Bc1cccc(Cn2cc(C(=O)N(C)OC)c(=O)c3ccccc32)c1. The molecule has 0 N–H and O–H groups in total. The molecule has 126 valence electrons. The highest BCUT2D eigenvalue weighted by Crippen LogP contribution is 2.14. The van der Waals surface area contributed by atoms with E-state index in [0.717, 1.165) is 16.1 Å². The van der Waals surface area contributed by atoms with Crippen molar-refractivity contribution in [3.8, 4) is 0 Å². The number of carbonyl (C=O) groups excluding carboxylic acids is 1. The van der Waals surface area contributed by atoms with Gasteiger partial charge in [0.15, 0.2) is 0 Å². The molecule has 0 atom stereocenters. The molecule has 1 amide bonds. The molecule has 1 heterocycles. The van der Waals surface area contributed by atoms with Crippen LogP contribution in [0.5, 0.6) is 0 Å². The van der Waals surface area contributed by atoms with Gasteiger partial charge in [0.1, 0.15) is 13.4 Å². The first-order valence-corrected chi connectivity index (χ1v) is 8.01. The fourth-order valence-electron chi connectivity index (χ4n) is 2.89. The van der Waals surface area contributed by atoms with Crippen molar-refractivity contribution in [2.45, 2.75) is 6.54 Å². The Labute approximate surface area is 146 Å². The van der Waals surface area contributed by atoms with Crippen LogP contribution in [0.3, 0.4) is 0 Å². The summed E-state index contributed by atoms with van der Waals surface area (Å²) in [6.45, 7) is 0.569. The summed E-state index contributed by atoms with van der Waals surface area (Å²) in [6, 6.07) is 15.5. The molecule has 0 unspecified atom stereocenters. The highest BCUT2D eigenvalue weighted by Gasteiger charge is 2.18. The van der Waals surface area contributed by atoms with Gasteiger partial charge in [0.05, 0.1) is 12.6 Å². The van der Waals surface area contributed by atoms with Crippen LogP contribution in [-0.4, -0.2) is 37.5 Å². The lowest BCUT2D eigenvalue weighted by molar-refractivity contribution is -0.0758. The third kappa shape index (κ3) is 3.34. The van der Waals surface area contributed by atoms with Crippen molar-refractivity contribution in [3.05, 3.63) is 76.1 Å². The van der Waals surface area contributed by atoms with Gasteiger partial charge >= 0.3 is 0 Å². The van der Waals surface area contributed by atoms with Gasteiger partial charge in [0.25, 0.3) is 5.91 Å². The molecule has 3 rings (SSSR count). The Bertz CT molecular complexity index is 997. The molecule has 5 nitrogen and oxygen atoms in total. The summed E-state index contributed by atoms with van der Waals surface area (Å²) in [7, 11) is 4.92. The van der Waals surface area contributed by atoms with Crippen LogP contribution >= 0.6 is 0 Å². The fourth-order valence-corrected chi connectivity index (χ4v) is 2.89. The summed E-state index contributed by atoms with van der Waals surface area (Å²) in [5, 5.41) is 1.58. The van der Waals surface area contributed by atoms with E-state index >= 15 is 0 Å². The molecule has 0 aliphatic rings. The third-order valence-corrected chi connectivity index (χ3v) is 4.21.